The Hall–Kier alpha value is -0.855. The molecule has 1 aromatic rings. The maximum absolute atomic E-state index is 4.55. The molecule has 1 unspecified atom stereocenters. The van der Waals surface area contributed by atoms with Crippen LogP contribution in [0, 0.1) is 6.92 Å². The van der Waals surface area contributed by atoms with Crippen LogP contribution in [0.2, 0.25) is 0 Å². The first-order valence-corrected chi connectivity index (χ1v) is 5.49. The van der Waals surface area contributed by atoms with Crippen LogP contribution in [0.5, 0.6) is 0 Å². The van der Waals surface area contributed by atoms with Gasteiger partial charge >= 0.3 is 0 Å². The summed E-state index contributed by atoms with van der Waals surface area (Å²) in [6.45, 7) is 6.47. The van der Waals surface area contributed by atoms with Crippen LogP contribution in [0.4, 0.5) is 0 Å². The van der Waals surface area contributed by atoms with Gasteiger partial charge in [-0.3, -0.25) is 0 Å². The smallest absolute Gasteiger partial charge is 0.143 e. The predicted octanol–water partition coefficient (Wildman–Crippen LogP) is 1.34. The number of rotatable bonds is 4. The predicted molar refractivity (Wildman–Crippen MR) is 62.9 cm³/mol. The summed E-state index contributed by atoms with van der Waals surface area (Å²) in [6.07, 6.45) is 5.47. The van der Waals surface area contributed by atoms with Gasteiger partial charge in [0.2, 0.25) is 0 Å². The molecular formula is C11H19BN2. The third-order valence-electron chi connectivity index (χ3n) is 2.74. The summed E-state index contributed by atoms with van der Waals surface area (Å²) in [6, 6.07) is 0. The zero-order valence-corrected chi connectivity index (χ0v) is 9.67. The summed E-state index contributed by atoms with van der Waals surface area (Å²) in [4.78, 5) is 8.97. The van der Waals surface area contributed by atoms with Crippen molar-refractivity contribution in [3.8, 4) is 0 Å². The molecule has 0 bridgehead atoms. The fourth-order valence-electron chi connectivity index (χ4n) is 1.61. The third kappa shape index (κ3) is 2.57. The first-order chi connectivity index (χ1) is 6.69. The van der Waals surface area contributed by atoms with Crippen molar-refractivity contribution >= 4 is 13.3 Å². The molecule has 1 rings (SSSR count). The molecule has 1 aromatic heterocycles. The van der Waals surface area contributed by atoms with E-state index in [1.54, 1.807) is 0 Å². The Bertz CT molecular complexity index is 299. The Balaban J connectivity index is 2.88. The summed E-state index contributed by atoms with van der Waals surface area (Å²) in [7, 11) is 2.06. The van der Waals surface area contributed by atoms with E-state index >= 15 is 0 Å². The minimum absolute atomic E-state index is 0.541. The fourth-order valence-corrected chi connectivity index (χ4v) is 1.61. The average Bonchev–Trinajstić information content (AvgIpc) is 2.19. The van der Waals surface area contributed by atoms with Gasteiger partial charge in [0, 0.05) is 17.8 Å². The van der Waals surface area contributed by atoms with Gasteiger partial charge < -0.3 is 0 Å². The van der Waals surface area contributed by atoms with E-state index in [4.69, 9.17) is 0 Å². The Labute approximate surface area is 87.6 Å². The lowest BCUT2D eigenvalue weighted by atomic mass is 9.95. The molecule has 3 heteroatoms. The summed E-state index contributed by atoms with van der Waals surface area (Å²) in [5.74, 6) is 1.57. The zero-order chi connectivity index (χ0) is 10.6. The molecule has 0 saturated carbocycles. The molecule has 0 N–H and O–H groups in total. The van der Waals surface area contributed by atoms with E-state index in [0.29, 0.717) is 5.92 Å². The molecule has 14 heavy (non-hydrogen) atoms. The highest BCUT2D eigenvalue weighted by Gasteiger charge is 2.11. The van der Waals surface area contributed by atoms with Gasteiger partial charge in [0.05, 0.1) is 0 Å². The number of hydrogen-bond acceptors (Lipinski definition) is 2. The standard InChI is InChI=1S/C11H19BN2/c1-4-6-9(5-2)11-13-7-10(12)8(3)14-11/h7,9H,4-6,12H2,1-3H3. The lowest BCUT2D eigenvalue weighted by Crippen LogP contribution is -2.15. The van der Waals surface area contributed by atoms with Gasteiger partial charge in [0.1, 0.15) is 13.7 Å². The molecule has 0 aliphatic heterocycles. The van der Waals surface area contributed by atoms with Crippen molar-refractivity contribution in [2.24, 2.45) is 0 Å². The molecule has 0 fully saturated rings. The average molecular weight is 190 g/mol. The fraction of sp³-hybridized carbons (Fsp3) is 0.636. The van der Waals surface area contributed by atoms with Gasteiger partial charge in [-0.15, -0.1) is 0 Å². The van der Waals surface area contributed by atoms with Crippen LogP contribution in [0.1, 0.15) is 50.5 Å². The zero-order valence-electron chi connectivity index (χ0n) is 9.67. The minimum atomic E-state index is 0.541. The first kappa shape index (κ1) is 11.2. The Morgan fingerprint density at radius 1 is 1.43 bits per heavy atom. The third-order valence-corrected chi connectivity index (χ3v) is 2.74. The normalized spacial score (nSPS) is 12.8. The molecule has 1 atom stereocenters. The van der Waals surface area contributed by atoms with Crippen LogP contribution in [-0.2, 0) is 0 Å². The quantitative estimate of drug-likeness (QED) is 0.669. The van der Waals surface area contributed by atoms with Crippen LogP contribution >= 0.6 is 0 Å². The van der Waals surface area contributed by atoms with Crippen LogP contribution in [0.25, 0.3) is 0 Å². The SMILES string of the molecule is Bc1cnc(C(CC)CCC)nc1C. The van der Waals surface area contributed by atoms with Crippen LogP contribution in [0.15, 0.2) is 6.20 Å². The van der Waals surface area contributed by atoms with Crippen molar-refractivity contribution in [2.75, 3.05) is 0 Å². The Morgan fingerprint density at radius 3 is 2.64 bits per heavy atom. The first-order valence-electron chi connectivity index (χ1n) is 5.49. The molecule has 0 saturated heterocycles. The summed E-state index contributed by atoms with van der Waals surface area (Å²) >= 11 is 0. The molecule has 0 aromatic carbocycles. The van der Waals surface area contributed by atoms with Crippen LogP contribution in [-0.4, -0.2) is 17.8 Å². The second-order valence-corrected chi connectivity index (χ2v) is 3.89. The summed E-state index contributed by atoms with van der Waals surface area (Å²) in [5.41, 5.74) is 2.30. The molecule has 2 nitrogen and oxygen atoms in total. The van der Waals surface area contributed by atoms with Crippen molar-refractivity contribution in [3.63, 3.8) is 0 Å². The van der Waals surface area contributed by atoms with E-state index in [1.165, 1.54) is 18.3 Å². The molecular weight excluding hydrogens is 171 g/mol. The molecule has 0 spiro atoms. The maximum atomic E-state index is 4.55. The van der Waals surface area contributed by atoms with E-state index in [1.807, 2.05) is 6.20 Å². The van der Waals surface area contributed by atoms with E-state index < -0.39 is 0 Å². The van der Waals surface area contributed by atoms with Gasteiger partial charge in [-0.1, -0.05) is 25.7 Å². The van der Waals surface area contributed by atoms with Gasteiger partial charge in [-0.05, 0) is 19.8 Å². The number of aryl methyl sites for hydroxylation is 1. The lowest BCUT2D eigenvalue weighted by molar-refractivity contribution is 0.563. The van der Waals surface area contributed by atoms with Crippen molar-refractivity contribution < 1.29 is 0 Å². The van der Waals surface area contributed by atoms with Crippen LogP contribution in [0.3, 0.4) is 0 Å². The van der Waals surface area contributed by atoms with E-state index in [2.05, 4.69) is 38.6 Å². The molecule has 0 aliphatic rings. The van der Waals surface area contributed by atoms with E-state index in [-0.39, 0.29) is 0 Å². The Kier molecular flexibility index (Phi) is 4.11. The van der Waals surface area contributed by atoms with Crippen molar-refractivity contribution in [3.05, 3.63) is 17.7 Å². The minimum Gasteiger partial charge on any atom is -0.242 e. The largest absolute Gasteiger partial charge is 0.242 e. The van der Waals surface area contributed by atoms with E-state index in [9.17, 15) is 0 Å². The van der Waals surface area contributed by atoms with Crippen molar-refractivity contribution in [1.29, 1.82) is 0 Å². The molecule has 76 valence electrons. The number of nitrogens with zero attached hydrogens (tertiary/aromatic N) is 2. The highest BCUT2D eigenvalue weighted by molar-refractivity contribution is 6.32. The van der Waals surface area contributed by atoms with Gasteiger partial charge in [0.15, 0.2) is 0 Å². The number of hydrogen-bond donors (Lipinski definition) is 0. The number of aromatic nitrogens is 2. The van der Waals surface area contributed by atoms with Gasteiger partial charge in [-0.2, -0.15) is 0 Å². The Morgan fingerprint density at radius 2 is 2.14 bits per heavy atom. The van der Waals surface area contributed by atoms with Gasteiger partial charge in [-0.25, -0.2) is 9.97 Å². The maximum Gasteiger partial charge on any atom is 0.143 e. The van der Waals surface area contributed by atoms with Crippen LogP contribution < -0.4 is 5.46 Å². The second kappa shape index (κ2) is 5.13. The molecule has 1 heterocycles. The van der Waals surface area contributed by atoms with Crippen molar-refractivity contribution in [2.45, 2.75) is 46.0 Å². The summed E-state index contributed by atoms with van der Waals surface area (Å²) < 4.78 is 0. The molecule has 0 amide bonds. The highest BCUT2D eigenvalue weighted by atomic mass is 14.9. The monoisotopic (exact) mass is 190 g/mol. The van der Waals surface area contributed by atoms with Gasteiger partial charge in [0.25, 0.3) is 0 Å². The highest BCUT2D eigenvalue weighted by Crippen LogP contribution is 2.20. The topological polar surface area (TPSA) is 25.8 Å². The van der Waals surface area contributed by atoms with E-state index in [0.717, 1.165) is 17.9 Å². The molecule has 0 aliphatic carbocycles. The lowest BCUT2D eigenvalue weighted by Gasteiger charge is -2.13. The second-order valence-electron chi connectivity index (χ2n) is 3.89. The summed E-state index contributed by atoms with van der Waals surface area (Å²) in [5, 5.41) is 0. The van der Waals surface area contributed by atoms with Crippen molar-refractivity contribution in [1.82, 2.24) is 9.97 Å². The molecule has 0 radical (unpaired) electrons.